The van der Waals surface area contributed by atoms with Gasteiger partial charge < -0.3 is 14.5 Å². The minimum atomic E-state index is -0.462. The molecule has 0 aromatic heterocycles. The van der Waals surface area contributed by atoms with Crippen LogP contribution in [0.2, 0.25) is 0 Å². The van der Waals surface area contributed by atoms with Gasteiger partial charge in [0.05, 0.1) is 0 Å². The molecule has 0 unspecified atom stereocenters. The molecule has 3 rings (SSSR count). The molecule has 0 radical (unpaired) electrons. The lowest BCUT2D eigenvalue weighted by molar-refractivity contribution is -0.138. The van der Waals surface area contributed by atoms with E-state index >= 15 is 0 Å². The van der Waals surface area contributed by atoms with Gasteiger partial charge in [-0.25, -0.2) is 0 Å². The molecule has 25 heavy (non-hydrogen) atoms. The van der Waals surface area contributed by atoms with Crippen LogP contribution in [0.1, 0.15) is 19.4 Å². The maximum absolute atomic E-state index is 12.7. The van der Waals surface area contributed by atoms with Gasteiger partial charge >= 0.3 is 0 Å². The van der Waals surface area contributed by atoms with E-state index < -0.39 is 6.10 Å². The molecule has 132 valence electrons. The third-order valence-electron chi connectivity index (χ3n) is 4.70. The average Bonchev–Trinajstić information content (AvgIpc) is 2.69. The number of piperazine rings is 1. The second kappa shape index (κ2) is 8.06. The smallest absolute Gasteiger partial charge is 0.263 e. The van der Waals surface area contributed by atoms with Gasteiger partial charge in [-0.15, -0.1) is 0 Å². The highest BCUT2D eigenvalue weighted by atomic mass is 16.5. The van der Waals surface area contributed by atoms with Crippen LogP contribution >= 0.6 is 0 Å². The first-order valence-electron chi connectivity index (χ1n) is 9.01. The first-order chi connectivity index (χ1) is 12.2. The maximum Gasteiger partial charge on any atom is 0.263 e. The minimum absolute atomic E-state index is 0.0623. The van der Waals surface area contributed by atoms with Crippen molar-refractivity contribution in [1.82, 2.24) is 4.90 Å². The first kappa shape index (κ1) is 17.3. The second-order valence-electron chi connectivity index (χ2n) is 6.41. The number of carbonyl (C=O) groups is 1. The Morgan fingerprint density at radius 1 is 1.00 bits per heavy atom. The summed E-state index contributed by atoms with van der Waals surface area (Å²) < 4.78 is 5.84. The second-order valence-corrected chi connectivity index (χ2v) is 6.41. The van der Waals surface area contributed by atoms with Gasteiger partial charge in [0, 0.05) is 31.9 Å². The summed E-state index contributed by atoms with van der Waals surface area (Å²) in [7, 11) is 0. The third-order valence-corrected chi connectivity index (χ3v) is 4.70. The zero-order valence-corrected chi connectivity index (χ0v) is 15.0. The van der Waals surface area contributed by atoms with Crippen molar-refractivity contribution in [1.29, 1.82) is 0 Å². The Morgan fingerprint density at radius 2 is 1.64 bits per heavy atom. The monoisotopic (exact) mass is 338 g/mol. The van der Waals surface area contributed by atoms with Gasteiger partial charge in [0.1, 0.15) is 5.75 Å². The number of hydrogen-bond acceptors (Lipinski definition) is 3. The molecule has 1 amide bonds. The van der Waals surface area contributed by atoms with Crippen molar-refractivity contribution in [3.05, 3.63) is 60.2 Å². The summed E-state index contributed by atoms with van der Waals surface area (Å²) in [5.74, 6) is 0.813. The number of carbonyl (C=O) groups excluding carboxylic acids is 1. The lowest BCUT2D eigenvalue weighted by Gasteiger charge is -2.37. The first-order valence-corrected chi connectivity index (χ1v) is 9.01. The molecule has 1 aliphatic rings. The van der Waals surface area contributed by atoms with E-state index in [1.807, 2.05) is 54.3 Å². The van der Waals surface area contributed by atoms with Crippen LogP contribution in [-0.4, -0.2) is 43.1 Å². The zero-order valence-electron chi connectivity index (χ0n) is 15.0. The quantitative estimate of drug-likeness (QED) is 0.838. The van der Waals surface area contributed by atoms with Crippen molar-refractivity contribution in [2.75, 3.05) is 31.1 Å². The van der Waals surface area contributed by atoms with Gasteiger partial charge in [-0.05, 0) is 43.2 Å². The number of amides is 1. The normalized spacial score (nSPS) is 15.8. The van der Waals surface area contributed by atoms with Gasteiger partial charge in [0.15, 0.2) is 6.10 Å². The predicted octanol–water partition coefficient (Wildman–Crippen LogP) is 3.37. The van der Waals surface area contributed by atoms with Gasteiger partial charge in [-0.1, -0.05) is 37.3 Å². The summed E-state index contributed by atoms with van der Waals surface area (Å²) in [4.78, 5) is 16.9. The van der Waals surface area contributed by atoms with Gasteiger partial charge in [-0.3, -0.25) is 4.79 Å². The Hall–Kier alpha value is -2.49. The molecule has 0 bridgehead atoms. The molecule has 1 atom stereocenters. The molecule has 0 aliphatic carbocycles. The lowest BCUT2D eigenvalue weighted by Crippen LogP contribution is -2.52. The summed E-state index contributed by atoms with van der Waals surface area (Å²) in [5, 5.41) is 0. The highest BCUT2D eigenvalue weighted by Crippen LogP contribution is 2.18. The Bertz CT molecular complexity index is 677. The van der Waals surface area contributed by atoms with Crippen molar-refractivity contribution < 1.29 is 9.53 Å². The molecule has 4 nitrogen and oxygen atoms in total. The van der Waals surface area contributed by atoms with Crippen LogP contribution in [0.25, 0.3) is 0 Å². The Balaban J connectivity index is 1.52. The summed E-state index contributed by atoms with van der Waals surface area (Å²) in [6, 6.07) is 18.3. The number of anilines is 1. The molecule has 2 aromatic rings. The van der Waals surface area contributed by atoms with Crippen molar-refractivity contribution in [3.8, 4) is 5.75 Å². The van der Waals surface area contributed by atoms with Crippen molar-refractivity contribution in [2.45, 2.75) is 26.4 Å². The predicted molar refractivity (Wildman–Crippen MR) is 101 cm³/mol. The van der Waals surface area contributed by atoms with E-state index in [0.29, 0.717) is 0 Å². The fraction of sp³-hybridized carbons (Fsp3) is 0.381. The third kappa shape index (κ3) is 4.32. The number of para-hydroxylation sites is 1. The van der Waals surface area contributed by atoms with Crippen LogP contribution in [0.3, 0.4) is 0 Å². The van der Waals surface area contributed by atoms with Crippen LogP contribution in [0.4, 0.5) is 5.69 Å². The van der Waals surface area contributed by atoms with Crippen LogP contribution in [0.5, 0.6) is 5.75 Å². The molecule has 0 N–H and O–H groups in total. The van der Waals surface area contributed by atoms with E-state index in [1.165, 1.54) is 11.3 Å². The molecule has 0 saturated carbocycles. The Labute approximate surface area is 150 Å². The van der Waals surface area contributed by atoms with E-state index in [1.54, 1.807) is 0 Å². The topological polar surface area (TPSA) is 32.8 Å². The number of rotatable bonds is 5. The number of ether oxygens (including phenoxy) is 1. The minimum Gasteiger partial charge on any atom is -0.481 e. The lowest BCUT2D eigenvalue weighted by atomic mass is 10.2. The van der Waals surface area contributed by atoms with E-state index in [2.05, 4.69) is 24.0 Å². The van der Waals surface area contributed by atoms with E-state index in [0.717, 1.165) is 38.3 Å². The van der Waals surface area contributed by atoms with Crippen molar-refractivity contribution in [2.24, 2.45) is 0 Å². The van der Waals surface area contributed by atoms with Gasteiger partial charge in [0.25, 0.3) is 5.91 Å². The van der Waals surface area contributed by atoms with Crippen molar-refractivity contribution >= 4 is 11.6 Å². The van der Waals surface area contributed by atoms with Crippen LogP contribution in [-0.2, 0) is 11.2 Å². The van der Waals surface area contributed by atoms with Crippen LogP contribution in [0.15, 0.2) is 54.6 Å². The highest BCUT2D eigenvalue weighted by molar-refractivity contribution is 5.81. The summed E-state index contributed by atoms with van der Waals surface area (Å²) in [5.41, 5.74) is 2.48. The standard InChI is InChI=1S/C21H26N2O2/c1-3-18-9-11-20(12-10-18)25-17(2)21(24)23-15-13-22(14-16-23)19-7-5-4-6-8-19/h4-12,17H,3,13-16H2,1-2H3/t17-/m1/s1. The SMILES string of the molecule is CCc1ccc(O[C@H](C)C(=O)N2CCN(c3ccccc3)CC2)cc1. The zero-order chi connectivity index (χ0) is 17.6. The fourth-order valence-corrected chi connectivity index (χ4v) is 3.14. The number of aryl methyl sites for hydroxylation is 1. The molecule has 2 aromatic carbocycles. The van der Waals surface area contributed by atoms with E-state index in [-0.39, 0.29) is 5.91 Å². The van der Waals surface area contributed by atoms with Crippen LogP contribution < -0.4 is 9.64 Å². The van der Waals surface area contributed by atoms with E-state index in [4.69, 9.17) is 4.74 Å². The number of hydrogen-bond donors (Lipinski definition) is 0. The van der Waals surface area contributed by atoms with Gasteiger partial charge in [-0.2, -0.15) is 0 Å². The Kier molecular flexibility index (Phi) is 5.59. The summed E-state index contributed by atoms with van der Waals surface area (Å²) >= 11 is 0. The maximum atomic E-state index is 12.7. The summed E-state index contributed by atoms with van der Waals surface area (Å²) in [6.07, 6.45) is 0.538. The summed E-state index contributed by atoms with van der Waals surface area (Å²) in [6.45, 7) is 7.13. The molecule has 1 aliphatic heterocycles. The molecular weight excluding hydrogens is 312 g/mol. The molecule has 1 heterocycles. The molecule has 4 heteroatoms. The van der Waals surface area contributed by atoms with E-state index in [9.17, 15) is 4.79 Å². The molecular formula is C21H26N2O2. The Morgan fingerprint density at radius 3 is 2.24 bits per heavy atom. The molecule has 1 saturated heterocycles. The largest absolute Gasteiger partial charge is 0.481 e. The van der Waals surface area contributed by atoms with Gasteiger partial charge in [0.2, 0.25) is 0 Å². The number of nitrogens with zero attached hydrogens (tertiary/aromatic N) is 2. The molecule has 0 spiro atoms. The number of benzene rings is 2. The van der Waals surface area contributed by atoms with Crippen LogP contribution in [0, 0.1) is 0 Å². The fourth-order valence-electron chi connectivity index (χ4n) is 3.14. The van der Waals surface area contributed by atoms with Crippen molar-refractivity contribution in [3.63, 3.8) is 0 Å². The average molecular weight is 338 g/mol. The highest BCUT2D eigenvalue weighted by Gasteiger charge is 2.26. The molecule has 1 fully saturated rings.